The largest absolute Gasteiger partial charge is 0.479 e. The van der Waals surface area contributed by atoms with Crippen molar-refractivity contribution in [1.82, 2.24) is 14.9 Å². The molecule has 0 aliphatic carbocycles. The Morgan fingerprint density at radius 1 is 1.57 bits per heavy atom. The zero-order chi connectivity index (χ0) is 15.1. The molecule has 0 radical (unpaired) electrons. The minimum absolute atomic E-state index is 0.0469. The van der Waals surface area contributed by atoms with Crippen molar-refractivity contribution in [3.63, 3.8) is 0 Å². The van der Waals surface area contributed by atoms with Gasteiger partial charge in [-0.05, 0) is 38.3 Å². The number of anilines is 1. The van der Waals surface area contributed by atoms with E-state index in [2.05, 4.69) is 20.2 Å². The van der Waals surface area contributed by atoms with Crippen molar-refractivity contribution in [3.8, 4) is 5.88 Å². The number of piperidine rings is 1. The summed E-state index contributed by atoms with van der Waals surface area (Å²) < 4.78 is 18.0. The second-order valence-corrected chi connectivity index (χ2v) is 5.32. The van der Waals surface area contributed by atoms with Crippen LogP contribution >= 0.6 is 0 Å². The van der Waals surface area contributed by atoms with Gasteiger partial charge in [-0.25, -0.2) is 4.98 Å². The Kier molecular flexibility index (Phi) is 6.13. The van der Waals surface area contributed by atoms with Gasteiger partial charge in [0, 0.05) is 19.7 Å². The molecule has 0 bridgehead atoms. The van der Waals surface area contributed by atoms with E-state index in [4.69, 9.17) is 4.74 Å². The summed E-state index contributed by atoms with van der Waals surface area (Å²) in [5, 5.41) is 12.3. The Balaban J connectivity index is 1.70. The van der Waals surface area contributed by atoms with Gasteiger partial charge in [-0.1, -0.05) is 0 Å². The second kappa shape index (κ2) is 8.09. The highest BCUT2D eigenvalue weighted by Crippen LogP contribution is 2.16. The van der Waals surface area contributed by atoms with E-state index in [1.54, 1.807) is 0 Å². The first-order valence-electron chi connectivity index (χ1n) is 7.36. The average molecular weight is 298 g/mol. The normalized spacial score (nSPS) is 19.5. The SMILES string of the molecule is COc1nc(NCCCN2CCC[C@H](CO)C2)ncc1F. The lowest BCUT2D eigenvalue weighted by Crippen LogP contribution is -2.37. The van der Waals surface area contributed by atoms with Gasteiger partial charge in [0.25, 0.3) is 5.88 Å². The first-order chi connectivity index (χ1) is 10.2. The van der Waals surface area contributed by atoms with Crippen molar-refractivity contribution in [1.29, 1.82) is 0 Å². The van der Waals surface area contributed by atoms with Crippen LogP contribution in [0.15, 0.2) is 6.20 Å². The number of rotatable bonds is 7. The topological polar surface area (TPSA) is 70.5 Å². The number of aromatic nitrogens is 2. The van der Waals surface area contributed by atoms with Crippen molar-refractivity contribution < 1.29 is 14.2 Å². The van der Waals surface area contributed by atoms with Crippen LogP contribution in [0.4, 0.5) is 10.3 Å². The molecule has 0 spiro atoms. The third kappa shape index (κ3) is 4.78. The summed E-state index contributed by atoms with van der Waals surface area (Å²) in [5.41, 5.74) is 0. The molecule has 2 heterocycles. The number of nitrogens with zero attached hydrogens (tertiary/aromatic N) is 3. The highest BCUT2D eigenvalue weighted by Gasteiger charge is 2.18. The van der Waals surface area contributed by atoms with Gasteiger partial charge < -0.3 is 20.1 Å². The van der Waals surface area contributed by atoms with Crippen molar-refractivity contribution in [2.75, 3.05) is 45.2 Å². The summed E-state index contributed by atoms with van der Waals surface area (Å²) in [6.07, 6.45) is 4.32. The van der Waals surface area contributed by atoms with E-state index < -0.39 is 5.82 Å². The van der Waals surface area contributed by atoms with Gasteiger partial charge in [-0.15, -0.1) is 0 Å². The summed E-state index contributed by atoms with van der Waals surface area (Å²) >= 11 is 0. The molecular weight excluding hydrogens is 275 g/mol. The average Bonchev–Trinajstić information content (AvgIpc) is 2.53. The fraction of sp³-hybridized carbons (Fsp3) is 0.714. The number of hydrogen-bond acceptors (Lipinski definition) is 6. The number of halogens is 1. The van der Waals surface area contributed by atoms with Crippen molar-refractivity contribution in [2.24, 2.45) is 5.92 Å². The molecule has 1 aliphatic rings. The summed E-state index contributed by atoms with van der Waals surface area (Å²) in [5.74, 6) is 0.178. The molecule has 1 atom stereocenters. The zero-order valence-corrected chi connectivity index (χ0v) is 12.4. The van der Waals surface area contributed by atoms with Gasteiger partial charge in [0.15, 0.2) is 0 Å². The third-order valence-electron chi connectivity index (χ3n) is 3.70. The Labute approximate surface area is 124 Å². The van der Waals surface area contributed by atoms with Crippen LogP contribution < -0.4 is 10.1 Å². The van der Waals surface area contributed by atoms with Crippen LogP contribution in [0.25, 0.3) is 0 Å². The lowest BCUT2D eigenvalue weighted by atomic mass is 9.99. The molecule has 1 aromatic heterocycles. The van der Waals surface area contributed by atoms with Gasteiger partial charge in [-0.3, -0.25) is 0 Å². The molecule has 0 aromatic carbocycles. The van der Waals surface area contributed by atoms with Crippen molar-refractivity contribution >= 4 is 5.95 Å². The predicted molar refractivity (Wildman–Crippen MR) is 77.9 cm³/mol. The molecule has 118 valence electrons. The smallest absolute Gasteiger partial charge is 0.255 e. The maximum atomic E-state index is 13.2. The molecule has 1 aliphatic heterocycles. The molecular formula is C14H23FN4O2. The molecule has 1 aromatic rings. The number of nitrogens with one attached hydrogen (secondary N) is 1. The summed E-state index contributed by atoms with van der Waals surface area (Å²) in [7, 11) is 1.38. The lowest BCUT2D eigenvalue weighted by molar-refractivity contribution is 0.120. The quantitative estimate of drug-likeness (QED) is 0.735. The Morgan fingerprint density at radius 2 is 2.43 bits per heavy atom. The maximum absolute atomic E-state index is 13.2. The van der Waals surface area contributed by atoms with E-state index in [1.165, 1.54) is 7.11 Å². The van der Waals surface area contributed by atoms with E-state index >= 15 is 0 Å². The zero-order valence-electron chi connectivity index (χ0n) is 12.4. The molecule has 0 amide bonds. The van der Waals surface area contributed by atoms with Gasteiger partial charge in [0.2, 0.25) is 11.8 Å². The summed E-state index contributed by atoms with van der Waals surface area (Å²) in [4.78, 5) is 10.2. The van der Waals surface area contributed by atoms with E-state index in [-0.39, 0.29) is 12.5 Å². The van der Waals surface area contributed by atoms with Crippen molar-refractivity contribution in [2.45, 2.75) is 19.3 Å². The van der Waals surface area contributed by atoms with E-state index in [0.29, 0.717) is 11.9 Å². The molecule has 7 heteroatoms. The maximum Gasteiger partial charge on any atom is 0.255 e. The van der Waals surface area contributed by atoms with E-state index in [0.717, 1.165) is 51.6 Å². The lowest BCUT2D eigenvalue weighted by Gasteiger charge is -2.31. The number of hydrogen-bond donors (Lipinski definition) is 2. The standard InChI is InChI=1S/C14H23FN4O2/c1-21-13-12(15)8-17-14(18-13)16-5-3-7-19-6-2-4-11(9-19)10-20/h8,11,20H,2-7,9-10H2,1H3,(H,16,17,18)/t11-/m0/s1. The van der Waals surface area contributed by atoms with E-state index in [9.17, 15) is 9.50 Å². The van der Waals surface area contributed by atoms with Crippen LogP contribution in [0.2, 0.25) is 0 Å². The molecule has 0 unspecified atom stereocenters. The van der Waals surface area contributed by atoms with E-state index in [1.807, 2.05) is 0 Å². The number of aliphatic hydroxyl groups excluding tert-OH is 1. The van der Waals surface area contributed by atoms with Gasteiger partial charge in [0.05, 0.1) is 13.3 Å². The first-order valence-corrected chi connectivity index (χ1v) is 7.36. The van der Waals surface area contributed by atoms with Crippen LogP contribution in [0.3, 0.4) is 0 Å². The van der Waals surface area contributed by atoms with Crippen LogP contribution in [-0.4, -0.2) is 59.9 Å². The van der Waals surface area contributed by atoms with Gasteiger partial charge >= 0.3 is 0 Å². The highest BCUT2D eigenvalue weighted by atomic mass is 19.1. The number of likely N-dealkylation sites (tertiary alicyclic amines) is 1. The fourth-order valence-corrected chi connectivity index (χ4v) is 2.59. The number of ether oxygens (including phenoxy) is 1. The minimum Gasteiger partial charge on any atom is -0.479 e. The monoisotopic (exact) mass is 298 g/mol. The Bertz CT molecular complexity index is 447. The fourth-order valence-electron chi connectivity index (χ4n) is 2.59. The van der Waals surface area contributed by atoms with Gasteiger partial charge in [-0.2, -0.15) is 9.37 Å². The Hall–Kier alpha value is -1.47. The molecule has 21 heavy (non-hydrogen) atoms. The third-order valence-corrected chi connectivity index (χ3v) is 3.70. The Morgan fingerprint density at radius 3 is 3.19 bits per heavy atom. The molecule has 6 nitrogen and oxygen atoms in total. The predicted octanol–water partition coefficient (Wildman–Crippen LogP) is 1.13. The molecule has 1 fully saturated rings. The van der Waals surface area contributed by atoms with Crippen LogP contribution in [0.1, 0.15) is 19.3 Å². The van der Waals surface area contributed by atoms with Crippen LogP contribution in [0, 0.1) is 11.7 Å². The molecule has 2 N–H and O–H groups in total. The highest BCUT2D eigenvalue weighted by molar-refractivity contribution is 5.28. The second-order valence-electron chi connectivity index (χ2n) is 5.32. The molecule has 2 rings (SSSR count). The number of methoxy groups -OCH3 is 1. The van der Waals surface area contributed by atoms with Gasteiger partial charge in [0.1, 0.15) is 0 Å². The first kappa shape index (κ1) is 15.9. The summed E-state index contributed by atoms with van der Waals surface area (Å²) in [6.45, 7) is 4.03. The van der Waals surface area contributed by atoms with Crippen LogP contribution in [0.5, 0.6) is 5.88 Å². The summed E-state index contributed by atoms with van der Waals surface area (Å²) in [6, 6.07) is 0. The molecule has 0 saturated carbocycles. The minimum atomic E-state index is -0.564. The van der Waals surface area contributed by atoms with Crippen LogP contribution in [-0.2, 0) is 0 Å². The molecule has 1 saturated heterocycles. The van der Waals surface area contributed by atoms with Crippen molar-refractivity contribution in [3.05, 3.63) is 12.0 Å². The number of aliphatic hydroxyl groups is 1.